The second kappa shape index (κ2) is 13.7. The van der Waals surface area contributed by atoms with E-state index in [0.717, 1.165) is 62.4 Å². The molecule has 0 aliphatic carbocycles. The van der Waals surface area contributed by atoms with Crippen LogP contribution in [0.5, 0.6) is 0 Å². The molecule has 212 valence electrons. The van der Waals surface area contributed by atoms with Crippen LogP contribution in [0.4, 0.5) is 5.69 Å². The number of hydrogen-bond donors (Lipinski definition) is 0. The fourth-order valence-electron chi connectivity index (χ4n) is 5.77. The lowest BCUT2D eigenvalue weighted by atomic mass is 10.0. The smallest absolute Gasteiger partial charge is 0.254 e. The number of anilines is 1. The summed E-state index contributed by atoms with van der Waals surface area (Å²) >= 11 is 0. The number of ether oxygens (including phenoxy) is 2. The maximum Gasteiger partial charge on any atom is 0.254 e. The van der Waals surface area contributed by atoms with Gasteiger partial charge in [0.1, 0.15) is 6.61 Å². The molecule has 1 aromatic heterocycles. The second-order valence-electron chi connectivity index (χ2n) is 10.5. The van der Waals surface area contributed by atoms with E-state index >= 15 is 0 Å². The SMILES string of the molecule is COCC(=O)N1CCCN(C2CCOCC2)CCN(C(=O)c2ccccc2Cn2ccnc2)Cc2ccccc21. The van der Waals surface area contributed by atoms with Crippen molar-refractivity contribution in [1.29, 1.82) is 0 Å². The van der Waals surface area contributed by atoms with Crippen molar-refractivity contribution in [3.8, 4) is 0 Å². The number of benzene rings is 2. The first-order valence-electron chi connectivity index (χ1n) is 14.2. The highest BCUT2D eigenvalue weighted by Crippen LogP contribution is 2.26. The van der Waals surface area contributed by atoms with Crippen LogP contribution < -0.4 is 4.90 Å². The van der Waals surface area contributed by atoms with Gasteiger partial charge in [0.25, 0.3) is 11.8 Å². The highest BCUT2D eigenvalue weighted by Gasteiger charge is 2.28. The lowest BCUT2D eigenvalue weighted by Gasteiger charge is -2.36. The topological polar surface area (TPSA) is 80.1 Å². The van der Waals surface area contributed by atoms with Gasteiger partial charge in [-0.05, 0) is 42.5 Å². The average Bonchev–Trinajstić information content (AvgIpc) is 3.49. The number of nitrogens with zero attached hydrogens (tertiary/aromatic N) is 5. The Morgan fingerprint density at radius 1 is 1.00 bits per heavy atom. The number of imidazole rings is 1. The third-order valence-electron chi connectivity index (χ3n) is 7.85. The van der Waals surface area contributed by atoms with E-state index in [9.17, 15) is 9.59 Å². The normalized spacial score (nSPS) is 17.7. The molecule has 0 saturated carbocycles. The van der Waals surface area contributed by atoms with Gasteiger partial charge in [-0.3, -0.25) is 14.5 Å². The summed E-state index contributed by atoms with van der Waals surface area (Å²) in [6, 6.07) is 16.1. The minimum Gasteiger partial charge on any atom is -0.381 e. The van der Waals surface area contributed by atoms with Gasteiger partial charge in [0, 0.05) is 89.3 Å². The summed E-state index contributed by atoms with van der Waals surface area (Å²) < 4.78 is 12.8. The molecule has 9 nitrogen and oxygen atoms in total. The van der Waals surface area contributed by atoms with E-state index in [1.807, 2.05) is 69.1 Å². The fraction of sp³-hybridized carbons (Fsp3) is 0.452. The van der Waals surface area contributed by atoms with Crippen molar-refractivity contribution in [2.24, 2.45) is 0 Å². The standard InChI is InChI=1S/C31H39N5O4/c1-39-23-30(37)36-15-6-14-34(27-11-19-40-20-12-27)17-18-35(22-26-8-3-5-10-29(26)36)31(38)28-9-4-2-7-25(28)21-33-16-13-32-24-33/h2-5,7-10,13,16,24,27H,6,11-12,14-15,17-23H2,1H3. The quantitative estimate of drug-likeness (QED) is 0.472. The number of para-hydroxylation sites is 1. The van der Waals surface area contributed by atoms with Gasteiger partial charge in [0.15, 0.2) is 0 Å². The third kappa shape index (κ3) is 6.78. The van der Waals surface area contributed by atoms with Crippen LogP contribution >= 0.6 is 0 Å². The lowest BCUT2D eigenvalue weighted by Crippen LogP contribution is -2.45. The minimum absolute atomic E-state index is 0.00791. The van der Waals surface area contributed by atoms with E-state index in [1.54, 1.807) is 19.6 Å². The fourth-order valence-corrected chi connectivity index (χ4v) is 5.77. The Morgan fingerprint density at radius 3 is 2.60 bits per heavy atom. The van der Waals surface area contributed by atoms with E-state index in [2.05, 4.69) is 9.88 Å². The number of rotatable bonds is 6. The number of hydrogen-bond acceptors (Lipinski definition) is 6. The molecule has 0 spiro atoms. The maximum atomic E-state index is 14.3. The molecule has 2 amide bonds. The molecule has 2 aliphatic heterocycles. The summed E-state index contributed by atoms with van der Waals surface area (Å²) in [5.41, 5.74) is 3.43. The first kappa shape index (κ1) is 28.0. The van der Waals surface area contributed by atoms with Crippen molar-refractivity contribution in [3.05, 3.63) is 83.9 Å². The first-order valence-corrected chi connectivity index (χ1v) is 14.2. The predicted octanol–water partition coefficient (Wildman–Crippen LogP) is 3.44. The summed E-state index contributed by atoms with van der Waals surface area (Å²) in [5.74, 6) is -0.0816. The van der Waals surface area contributed by atoms with Gasteiger partial charge in [-0.1, -0.05) is 36.4 Å². The number of methoxy groups -OCH3 is 1. The summed E-state index contributed by atoms with van der Waals surface area (Å²) in [4.78, 5) is 37.9. The summed E-state index contributed by atoms with van der Waals surface area (Å²) in [6.07, 6.45) is 8.21. The molecule has 2 aliphatic rings. The Bertz CT molecular complexity index is 1260. The summed E-state index contributed by atoms with van der Waals surface area (Å²) in [7, 11) is 1.55. The molecular formula is C31H39N5O4. The molecule has 3 heterocycles. The van der Waals surface area contributed by atoms with E-state index in [-0.39, 0.29) is 18.4 Å². The van der Waals surface area contributed by atoms with Gasteiger partial charge in [-0.15, -0.1) is 0 Å². The molecule has 5 rings (SSSR count). The molecular weight excluding hydrogens is 506 g/mol. The third-order valence-corrected chi connectivity index (χ3v) is 7.85. The van der Waals surface area contributed by atoms with Crippen molar-refractivity contribution in [2.75, 3.05) is 58.0 Å². The van der Waals surface area contributed by atoms with Crippen LogP contribution in [0.3, 0.4) is 0 Å². The van der Waals surface area contributed by atoms with Gasteiger partial charge < -0.3 is 23.8 Å². The predicted molar refractivity (Wildman–Crippen MR) is 153 cm³/mol. The van der Waals surface area contributed by atoms with Crippen LogP contribution in [-0.2, 0) is 27.4 Å². The number of amides is 2. The van der Waals surface area contributed by atoms with Crippen LogP contribution in [0.15, 0.2) is 67.3 Å². The second-order valence-corrected chi connectivity index (χ2v) is 10.5. The Hall–Kier alpha value is -3.53. The molecule has 0 atom stereocenters. The van der Waals surface area contributed by atoms with Crippen LogP contribution in [0.25, 0.3) is 0 Å². The number of carbonyl (C=O) groups excluding carboxylic acids is 2. The van der Waals surface area contributed by atoms with E-state index in [4.69, 9.17) is 9.47 Å². The van der Waals surface area contributed by atoms with Crippen LogP contribution in [0.1, 0.15) is 40.7 Å². The zero-order chi connectivity index (χ0) is 27.7. The molecule has 0 radical (unpaired) electrons. The average molecular weight is 546 g/mol. The molecule has 3 aromatic rings. The van der Waals surface area contributed by atoms with Crippen LogP contribution in [0.2, 0.25) is 0 Å². The van der Waals surface area contributed by atoms with Crippen molar-refractivity contribution < 1.29 is 19.1 Å². The zero-order valence-corrected chi connectivity index (χ0v) is 23.3. The molecule has 40 heavy (non-hydrogen) atoms. The van der Waals surface area contributed by atoms with Gasteiger partial charge in [-0.2, -0.15) is 0 Å². The summed E-state index contributed by atoms with van der Waals surface area (Å²) in [5, 5.41) is 0. The van der Waals surface area contributed by atoms with Gasteiger partial charge in [0.05, 0.1) is 6.33 Å². The van der Waals surface area contributed by atoms with Crippen molar-refractivity contribution >= 4 is 17.5 Å². The maximum absolute atomic E-state index is 14.3. The number of carbonyl (C=O) groups is 2. The Kier molecular flexibility index (Phi) is 9.59. The first-order chi connectivity index (χ1) is 19.6. The molecule has 2 aromatic carbocycles. The largest absolute Gasteiger partial charge is 0.381 e. The lowest BCUT2D eigenvalue weighted by molar-refractivity contribution is -0.122. The van der Waals surface area contributed by atoms with Crippen molar-refractivity contribution in [1.82, 2.24) is 19.4 Å². The molecule has 0 unspecified atom stereocenters. The molecule has 1 fully saturated rings. The highest BCUT2D eigenvalue weighted by molar-refractivity contribution is 5.97. The monoisotopic (exact) mass is 545 g/mol. The van der Waals surface area contributed by atoms with E-state index in [0.29, 0.717) is 37.8 Å². The van der Waals surface area contributed by atoms with Crippen LogP contribution in [-0.4, -0.2) is 90.3 Å². The summed E-state index contributed by atoms with van der Waals surface area (Å²) in [6.45, 7) is 5.33. The highest BCUT2D eigenvalue weighted by atomic mass is 16.5. The Balaban J connectivity index is 1.49. The number of fused-ring (bicyclic) bond motifs is 1. The van der Waals surface area contributed by atoms with Crippen molar-refractivity contribution in [2.45, 2.75) is 38.4 Å². The molecule has 0 N–H and O–H groups in total. The van der Waals surface area contributed by atoms with Crippen LogP contribution in [0, 0.1) is 0 Å². The Labute approximate surface area is 236 Å². The minimum atomic E-state index is -0.0737. The molecule has 9 heteroatoms. The van der Waals surface area contributed by atoms with Gasteiger partial charge in [0.2, 0.25) is 0 Å². The Morgan fingerprint density at radius 2 is 1.80 bits per heavy atom. The van der Waals surface area contributed by atoms with Gasteiger partial charge in [-0.25, -0.2) is 4.98 Å². The van der Waals surface area contributed by atoms with Gasteiger partial charge >= 0.3 is 0 Å². The molecule has 0 bridgehead atoms. The zero-order valence-electron chi connectivity index (χ0n) is 23.3. The van der Waals surface area contributed by atoms with Crippen molar-refractivity contribution in [3.63, 3.8) is 0 Å². The van der Waals surface area contributed by atoms with E-state index in [1.165, 1.54) is 0 Å². The number of aromatic nitrogens is 2. The van der Waals surface area contributed by atoms with E-state index < -0.39 is 0 Å². The molecule has 1 saturated heterocycles.